The van der Waals surface area contributed by atoms with E-state index in [0.717, 1.165) is 29.8 Å². The molecule has 0 bridgehead atoms. The Kier molecular flexibility index (Phi) is 5.43. The van der Waals surface area contributed by atoms with Crippen molar-refractivity contribution in [2.24, 2.45) is 0 Å². The SMILES string of the molecule is CN(CCc1ccccn1)C(=O)CN1C(=O)CCCc2ccccc21. The first-order valence-corrected chi connectivity index (χ1v) is 8.67. The van der Waals surface area contributed by atoms with Crippen LogP contribution in [0.15, 0.2) is 48.7 Å². The molecule has 2 heterocycles. The summed E-state index contributed by atoms with van der Waals surface area (Å²) in [7, 11) is 1.78. The Bertz CT molecular complexity index is 746. The van der Waals surface area contributed by atoms with E-state index in [2.05, 4.69) is 4.98 Å². The Morgan fingerprint density at radius 1 is 1.16 bits per heavy atom. The summed E-state index contributed by atoms with van der Waals surface area (Å²) in [4.78, 5) is 32.7. The normalized spacial score (nSPS) is 14.0. The fourth-order valence-electron chi connectivity index (χ4n) is 3.07. The lowest BCUT2D eigenvalue weighted by atomic mass is 10.1. The van der Waals surface area contributed by atoms with E-state index in [-0.39, 0.29) is 18.4 Å². The zero-order valence-electron chi connectivity index (χ0n) is 14.5. The van der Waals surface area contributed by atoms with Gasteiger partial charge >= 0.3 is 0 Å². The average Bonchev–Trinajstić information content (AvgIpc) is 2.80. The van der Waals surface area contributed by atoms with Gasteiger partial charge in [0.05, 0.1) is 0 Å². The topological polar surface area (TPSA) is 53.5 Å². The number of fused-ring (bicyclic) bond motifs is 1. The predicted molar refractivity (Wildman–Crippen MR) is 97.3 cm³/mol. The predicted octanol–water partition coefficient (Wildman–Crippen LogP) is 2.45. The second-order valence-corrected chi connectivity index (χ2v) is 6.35. The number of anilines is 1. The smallest absolute Gasteiger partial charge is 0.242 e. The number of aryl methyl sites for hydroxylation is 1. The lowest BCUT2D eigenvalue weighted by Crippen LogP contribution is -2.42. The lowest BCUT2D eigenvalue weighted by Gasteiger charge is -2.25. The van der Waals surface area contributed by atoms with Gasteiger partial charge in [0, 0.05) is 44.0 Å². The van der Waals surface area contributed by atoms with Crippen molar-refractivity contribution >= 4 is 17.5 Å². The number of likely N-dealkylation sites (N-methyl/N-ethyl adjacent to an activating group) is 1. The zero-order valence-corrected chi connectivity index (χ0v) is 14.5. The summed E-state index contributed by atoms with van der Waals surface area (Å²) in [6.45, 7) is 0.675. The van der Waals surface area contributed by atoms with Gasteiger partial charge in [-0.1, -0.05) is 24.3 Å². The minimum absolute atomic E-state index is 0.0245. The number of benzene rings is 1. The second kappa shape index (κ2) is 7.92. The summed E-state index contributed by atoms with van der Waals surface area (Å²) < 4.78 is 0. The highest BCUT2D eigenvalue weighted by atomic mass is 16.2. The molecule has 1 aliphatic heterocycles. The molecule has 0 N–H and O–H groups in total. The third kappa shape index (κ3) is 4.24. The lowest BCUT2D eigenvalue weighted by molar-refractivity contribution is -0.130. The molecule has 0 saturated carbocycles. The molecule has 0 saturated heterocycles. The Labute approximate surface area is 148 Å². The maximum absolute atomic E-state index is 12.6. The van der Waals surface area contributed by atoms with Gasteiger partial charge in [0.2, 0.25) is 11.8 Å². The molecule has 1 aliphatic rings. The molecular formula is C20H23N3O2. The van der Waals surface area contributed by atoms with E-state index in [1.807, 2.05) is 42.5 Å². The van der Waals surface area contributed by atoms with Crippen LogP contribution in [0, 0.1) is 0 Å². The number of aromatic nitrogens is 1. The van der Waals surface area contributed by atoms with Gasteiger partial charge in [0.25, 0.3) is 0 Å². The van der Waals surface area contributed by atoms with E-state index in [1.54, 1.807) is 23.0 Å². The van der Waals surface area contributed by atoms with Crippen LogP contribution in [0.3, 0.4) is 0 Å². The molecule has 2 amide bonds. The highest BCUT2D eigenvalue weighted by molar-refractivity contribution is 5.99. The fraction of sp³-hybridized carbons (Fsp3) is 0.350. The number of hydrogen-bond donors (Lipinski definition) is 0. The third-order valence-electron chi connectivity index (χ3n) is 4.57. The van der Waals surface area contributed by atoms with Crippen molar-refractivity contribution in [2.45, 2.75) is 25.7 Å². The van der Waals surface area contributed by atoms with Crippen LogP contribution in [0.4, 0.5) is 5.69 Å². The van der Waals surface area contributed by atoms with Gasteiger partial charge in [-0.05, 0) is 36.6 Å². The van der Waals surface area contributed by atoms with Crippen molar-refractivity contribution in [1.29, 1.82) is 0 Å². The van der Waals surface area contributed by atoms with Crippen LogP contribution in [0.1, 0.15) is 24.1 Å². The van der Waals surface area contributed by atoms with E-state index >= 15 is 0 Å². The third-order valence-corrected chi connectivity index (χ3v) is 4.57. The molecule has 5 heteroatoms. The van der Waals surface area contributed by atoms with Crippen molar-refractivity contribution < 1.29 is 9.59 Å². The summed E-state index contributed by atoms with van der Waals surface area (Å²) in [5, 5.41) is 0. The van der Waals surface area contributed by atoms with Crippen molar-refractivity contribution in [1.82, 2.24) is 9.88 Å². The van der Waals surface area contributed by atoms with E-state index in [9.17, 15) is 9.59 Å². The van der Waals surface area contributed by atoms with Crippen molar-refractivity contribution in [3.63, 3.8) is 0 Å². The molecule has 0 fully saturated rings. The molecule has 1 aromatic heterocycles. The largest absolute Gasteiger partial charge is 0.344 e. The van der Waals surface area contributed by atoms with Crippen molar-refractivity contribution in [3.05, 3.63) is 59.9 Å². The molecule has 5 nitrogen and oxygen atoms in total. The van der Waals surface area contributed by atoms with Crippen LogP contribution in [-0.2, 0) is 22.4 Å². The highest BCUT2D eigenvalue weighted by Gasteiger charge is 2.25. The maximum atomic E-state index is 12.6. The molecule has 0 atom stereocenters. The van der Waals surface area contributed by atoms with Gasteiger partial charge in [0.1, 0.15) is 6.54 Å². The summed E-state index contributed by atoms with van der Waals surface area (Å²) in [5.74, 6) is -0.0302. The van der Waals surface area contributed by atoms with Gasteiger partial charge in [0.15, 0.2) is 0 Å². The summed E-state index contributed by atoms with van der Waals surface area (Å²) in [5.41, 5.74) is 2.96. The Morgan fingerprint density at radius 2 is 1.96 bits per heavy atom. The Balaban J connectivity index is 1.66. The van der Waals surface area contributed by atoms with Crippen LogP contribution in [0.2, 0.25) is 0 Å². The number of carbonyl (C=O) groups is 2. The van der Waals surface area contributed by atoms with Crippen LogP contribution >= 0.6 is 0 Å². The van der Waals surface area contributed by atoms with Crippen LogP contribution in [-0.4, -0.2) is 41.8 Å². The molecule has 130 valence electrons. The number of pyridine rings is 1. The summed E-state index contributed by atoms with van der Waals surface area (Å²) in [6, 6.07) is 13.6. The standard InChI is InChI=1S/C20H23N3O2/c1-22(14-12-17-9-4-5-13-21-17)20(25)15-23-18-10-3-2-7-16(18)8-6-11-19(23)24/h2-5,7,9-10,13H,6,8,11-12,14-15H2,1H3. The van der Waals surface area contributed by atoms with Crippen molar-refractivity contribution in [2.75, 3.05) is 25.0 Å². The first-order chi connectivity index (χ1) is 12.1. The molecule has 1 aromatic carbocycles. The summed E-state index contributed by atoms with van der Waals surface area (Å²) >= 11 is 0. The number of hydrogen-bond acceptors (Lipinski definition) is 3. The van der Waals surface area contributed by atoms with Crippen LogP contribution < -0.4 is 4.90 Å². The van der Waals surface area contributed by atoms with E-state index in [1.165, 1.54) is 0 Å². The average molecular weight is 337 g/mol. The van der Waals surface area contributed by atoms with Crippen molar-refractivity contribution in [3.8, 4) is 0 Å². The van der Waals surface area contributed by atoms with Crippen LogP contribution in [0.25, 0.3) is 0 Å². The van der Waals surface area contributed by atoms with Gasteiger partial charge in [-0.3, -0.25) is 14.6 Å². The minimum atomic E-state index is -0.0546. The number of amides is 2. The molecule has 0 spiro atoms. The number of carbonyl (C=O) groups excluding carboxylic acids is 2. The zero-order chi connectivity index (χ0) is 17.6. The van der Waals surface area contributed by atoms with Gasteiger partial charge in [-0.25, -0.2) is 0 Å². The molecule has 3 rings (SSSR count). The molecule has 0 aliphatic carbocycles. The Morgan fingerprint density at radius 3 is 2.76 bits per heavy atom. The highest BCUT2D eigenvalue weighted by Crippen LogP contribution is 2.26. The molecule has 0 unspecified atom stereocenters. The van der Waals surface area contributed by atoms with E-state index < -0.39 is 0 Å². The maximum Gasteiger partial charge on any atom is 0.242 e. The van der Waals surface area contributed by atoms with Gasteiger partial charge < -0.3 is 9.80 Å². The number of para-hydroxylation sites is 1. The minimum Gasteiger partial charge on any atom is -0.344 e. The van der Waals surface area contributed by atoms with Gasteiger partial charge in [-0.15, -0.1) is 0 Å². The van der Waals surface area contributed by atoms with E-state index in [4.69, 9.17) is 0 Å². The first-order valence-electron chi connectivity index (χ1n) is 8.67. The molecule has 25 heavy (non-hydrogen) atoms. The molecule has 2 aromatic rings. The first kappa shape index (κ1) is 17.1. The Hall–Kier alpha value is -2.69. The molecular weight excluding hydrogens is 314 g/mol. The second-order valence-electron chi connectivity index (χ2n) is 6.35. The number of rotatable bonds is 5. The van der Waals surface area contributed by atoms with E-state index in [0.29, 0.717) is 19.4 Å². The fourth-order valence-corrected chi connectivity index (χ4v) is 3.07. The summed E-state index contributed by atoms with van der Waals surface area (Å²) in [6.07, 6.45) is 4.65. The number of nitrogens with zero attached hydrogens (tertiary/aromatic N) is 3. The van der Waals surface area contributed by atoms with Crippen LogP contribution in [0.5, 0.6) is 0 Å². The monoisotopic (exact) mass is 337 g/mol. The molecule has 0 radical (unpaired) electrons. The quantitative estimate of drug-likeness (QED) is 0.842. The van der Waals surface area contributed by atoms with Gasteiger partial charge in [-0.2, -0.15) is 0 Å².